The number of aryl methyl sites for hydroxylation is 1. The van der Waals surface area contributed by atoms with Gasteiger partial charge in [0.15, 0.2) is 0 Å². The van der Waals surface area contributed by atoms with Crippen molar-refractivity contribution >= 4 is 29.2 Å². The summed E-state index contributed by atoms with van der Waals surface area (Å²) in [5, 5.41) is 6.57. The molecule has 3 amide bonds. The summed E-state index contributed by atoms with van der Waals surface area (Å²) in [4.78, 5) is 26.6. The number of rotatable bonds is 6. The number of hydrogen-bond acceptors (Lipinski definition) is 2. The summed E-state index contributed by atoms with van der Waals surface area (Å²) in [6.07, 6.45) is 3.25. The lowest BCUT2D eigenvalue weighted by atomic mass is 9.93. The molecule has 1 saturated heterocycles. The molecule has 1 aliphatic heterocycles. The standard InChI is InChI=1S/C23H28ClN3O2/c1-17-6-4-9-20(14-17)26-23(29)27-13-5-7-18(16-27)11-12-22(28)25-15-19-8-2-3-10-21(19)24/h2-4,6,8-10,14,18H,5,7,11-13,15-16H2,1H3,(H,25,28)(H,26,29)/t18-/m0/s1. The quantitative estimate of drug-likeness (QED) is 0.700. The van der Waals surface area contributed by atoms with E-state index in [1.165, 1.54) is 0 Å². The molecule has 1 atom stereocenters. The lowest BCUT2D eigenvalue weighted by Gasteiger charge is -2.32. The number of halogens is 1. The molecule has 0 aliphatic carbocycles. The van der Waals surface area contributed by atoms with Gasteiger partial charge in [-0.2, -0.15) is 0 Å². The van der Waals surface area contributed by atoms with Crippen LogP contribution >= 0.6 is 11.6 Å². The second-order valence-electron chi connectivity index (χ2n) is 7.66. The van der Waals surface area contributed by atoms with Crippen molar-refractivity contribution in [2.24, 2.45) is 5.92 Å². The number of benzene rings is 2. The zero-order chi connectivity index (χ0) is 20.6. The van der Waals surface area contributed by atoms with Crippen LogP contribution in [0, 0.1) is 12.8 Å². The Hall–Kier alpha value is -2.53. The van der Waals surface area contributed by atoms with Gasteiger partial charge in [-0.25, -0.2) is 4.79 Å². The number of hydrogen-bond donors (Lipinski definition) is 2. The van der Waals surface area contributed by atoms with Crippen LogP contribution in [0.25, 0.3) is 0 Å². The van der Waals surface area contributed by atoms with Crippen LogP contribution in [-0.2, 0) is 11.3 Å². The van der Waals surface area contributed by atoms with Gasteiger partial charge in [0, 0.05) is 36.8 Å². The number of likely N-dealkylation sites (tertiary alicyclic amines) is 1. The van der Waals surface area contributed by atoms with Crippen molar-refractivity contribution in [3.8, 4) is 0 Å². The fourth-order valence-electron chi connectivity index (χ4n) is 3.67. The summed E-state index contributed by atoms with van der Waals surface area (Å²) in [6.45, 7) is 3.89. The molecule has 5 nitrogen and oxygen atoms in total. The average Bonchev–Trinajstić information content (AvgIpc) is 2.72. The van der Waals surface area contributed by atoms with Gasteiger partial charge in [-0.15, -0.1) is 0 Å². The Bertz CT molecular complexity index is 856. The summed E-state index contributed by atoms with van der Waals surface area (Å²) in [5.74, 6) is 0.365. The highest BCUT2D eigenvalue weighted by Crippen LogP contribution is 2.22. The van der Waals surface area contributed by atoms with Gasteiger partial charge in [-0.1, -0.05) is 41.9 Å². The third-order valence-electron chi connectivity index (χ3n) is 5.29. The summed E-state index contributed by atoms with van der Waals surface area (Å²) in [5.41, 5.74) is 2.84. The zero-order valence-corrected chi connectivity index (χ0v) is 17.5. The molecule has 1 heterocycles. The molecule has 2 aromatic rings. The molecule has 2 aromatic carbocycles. The topological polar surface area (TPSA) is 61.4 Å². The van der Waals surface area contributed by atoms with Crippen molar-refractivity contribution in [3.63, 3.8) is 0 Å². The Kier molecular flexibility index (Phi) is 7.53. The minimum atomic E-state index is -0.0662. The summed E-state index contributed by atoms with van der Waals surface area (Å²) < 4.78 is 0. The first kappa shape index (κ1) is 21.2. The van der Waals surface area contributed by atoms with E-state index in [0.717, 1.165) is 42.6 Å². The van der Waals surface area contributed by atoms with E-state index in [4.69, 9.17) is 11.6 Å². The van der Waals surface area contributed by atoms with Gasteiger partial charge in [-0.3, -0.25) is 4.79 Å². The van der Waals surface area contributed by atoms with Crippen LogP contribution in [0.5, 0.6) is 0 Å². The maximum Gasteiger partial charge on any atom is 0.321 e. The van der Waals surface area contributed by atoms with Gasteiger partial charge >= 0.3 is 6.03 Å². The van der Waals surface area contributed by atoms with Crippen molar-refractivity contribution in [3.05, 3.63) is 64.7 Å². The number of nitrogens with one attached hydrogen (secondary N) is 2. The largest absolute Gasteiger partial charge is 0.352 e. The smallest absolute Gasteiger partial charge is 0.321 e. The number of piperidine rings is 1. The summed E-state index contributed by atoms with van der Waals surface area (Å²) in [7, 11) is 0. The van der Waals surface area contributed by atoms with E-state index in [1.807, 2.05) is 60.4 Å². The minimum Gasteiger partial charge on any atom is -0.352 e. The monoisotopic (exact) mass is 413 g/mol. The van der Waals surface area contributed by atoms with Crippen LogP contribution < -0.4 is 10.6 Å². The predicted molar refractivity (Wildman–Crippen MR) is 117 cm³/mol. The number of carbonyl (C=O) groups is 2. The maximum atomic E-state index is 12.6. The third-order valence-corrected chi connectivity index (χ3v) is 5.66. The first-order valence-corrected chi connectivity index (χ1v) is 10.5. The first-order valence-electron chi connectivity index (χ1n) is 10.1. The van der Waals surface area contributed by atoms with E-state index >= 15 is 0 Å². The van der Waals surface area contributed by atoms with Crippen molar-refractivity contribution in [1.82, 2.24) is 10.2 Å². The SMILES string of the molecule is Cc1cccc(NC(=O)N2CCC[C@@H](CCC(=O)NCc3ccccc3Cl)C2)c1. The molecule has 1 aliphatic rings. The molecule has 0 spiro atoms. The average molecular weight is 414 g/mol. The van der Waals surface area contributed by atoms with Gasteiger partial charge < -0.3 is 15.5 Å². The zero-order valence-electron chi connectivity index (χ0n) is 16.8. The molecule has 0 saturated carbocycles. The lowest BCUT2D eigenvalue weighted by Crippen LogP contribution is -2.42. The fraction of sp³-hybridized carbons (Fsp3) is 0.391. The van der Waals surface area contributed by atoms with Crippen LogP contribution in [0.2, 0.25) is 5.02 Å². The molecule has 0 radical (unpaired) electrons. The van der Waals surface area contributed by atoms with Crippen LogP contribution in [0.3, 0.4) is 0 Å². The van der Waals surface area contributed by atoms with Crippen LogP contribution in [0.15, 0.2) is 48.5 Å². The van der Waals surface area contributed by atoms with E-state index in [9.17, 15) is 9.59 Å². The molecule has 6 heteroatoms. The molecule has 2 N–H and O–H groups in total. The summed E-state index contributed by atoms with van der Waals surface area (Å²) in [6, 6.07) is 15.2. The highest BCUT2D eigenvalue weighted by atomic mass is 35.5. The molecule has 0 unspecified atom stereocenters. The Morgan fingerprint density at radius 2 is 2.00 bits per heavy atom. The van der Waals surface area contributed by atoms with Crippen molar-refractivity contribution < 1.29 is 9.59 Å². The second kappa shape index (κ2) is 10.3. The molecule has 3 rings (SSSR count). The Labute approximate surface area is 177 Å². The van der Waals surface area contributed by atoms with E-state index in [1.54, 1.807) is 0 Å². The van der Waals surface area contributed by atoms with Gasteiger partial charge in [0.25, 0.3) is 0 Å². The molecule has 154 valence electrons. The molecule has 1 fully saturated rings. The van der Waals surface area contributed by atoms with E-state index < -0.39 is 0 Å². The Morgan fingerprint density at radius 1 is 1.17 bits per heavy atom. The number of urea groups is 1. The highest BCUT2D eigenvalue weighted by Gasteiger charge is 2.24. The van der Waals surface area contributed by atoms with Gasteiger partial charge in [0.05, 0.1) is 0 Å². The number of amides is 3. The van der Waals surface area contributed by atoms with Crippen molar-refractivity contribution in [2.45, 2.75) is 39.2 Å². The van der Waals surface area contributed by atoms with Gasteiger partial charge in [0.1, 0.15) is 0 Å². The maximum absolute atomic E-state index is 12.6. The third kappa shape index (κ3) is 6.50. The van der Waals surface area contributed by atoms with Crippen molar-refractivity contribution in [1.29, 1.82) is 0 Å². The van der Waals surface area contributed by atoms with Crippen LogP contribution in [-0.4, -0.2) is 29.9 Å². The van der Waals surface area contributed by atoms with E-state index in [-0.39, 0.29) is 11.9 Å². The Morgan fingerprint density at radius 3 is 2.79 bits per heavy atom. The Balaban J connectivity index is 1.42. The van der Waals surface area contributed by atoms with E-state index in [0.29, 0.717) is 30.5 Å². The predicted octanol–water partition coefficient (Wildman–Crippen LogP) is 4.99. The summed E-state index contributed by atoms with van der Waals surface area (Å²) >= 11 is 6.12. The molecular weight excluding hydrogens is 386 g/mol. The normalized spacial score (nSPS) is 16.3. The molecule has 0 bridgehead atoms. The number of anilines is 1. The second-order valence-corrected chi connectivity index (χ2v) is 8.07. The lowest BCUT2D eigenvalue weighted by molar-refractivity contribution is -0.121. The molecule has 0 aromatic heterocycles. The number of nitrogens with zero attached hydrogens (tertiary/aromatic N) is 1. The highest BCUT2D eigenvalue weighted by molar-refractivity contribution is 6.31. The molecule has 29 heavy (non-hydrogen) atoms. The van der Waals surface area contributed by atoms with Crippen molar-refractivity contribution in [2.75, 3.05) is 18.4 Å². The van der Waals surface area contributed by atoms with Crippen LogP contribution in [0.4, 0.5) is 10.5 Å². The number of carbonyl (C=O) groups excluding carboxylic acids is 2. The fourth-order valence-corrected chi connectivity index (χ4v) is 3.87. The van der Waals surface area contributed by atoms with Gasteiger partial charge in [-0.05, 0) is 61.4 Å². The molecular formula is C23H28ClN3O2. The first-order chi connectivity index (χ1) is 14.0. The van der Waals surface area contributed by atoms with Gasteiger partial charge in [0.2, 0.25) is 5.91 Å². The van der Waals surface area contributed by atoms with Crippen LogP contribution in [0.1, 0.15) is 36.8 Å². The van der Waals surface area contributed by atoms with E-state index in [2.05, 4.69) is 10.6 Å². The minimum absolute atomic E-state index is 0.0197.